The first-order valence-corrected chi connectivity index (χ1v) is 7.91. The molecule has 114 valence electrons. The van der Waals surface area contributed by atoms with Crippen molar-refractivity contribution in [3.63, 3.8) is 0 Å². The van der Waals surface area contributed by atoms with E-state index in [4.69, 9.17) is 0 Å². The van der Waals surface area contributed by atoms with Gasteiger partial charge in [0.1, 0.15) is 10.7 Å². The van der Waals surface area contributed by atoms with Crippen molar-refractivity contribution in [3.8, 4) is 10.7 Å². The van der Waals surface area contributed by atoms with Crippen LogP contribution in [0.5, 0.6) is 0 Å². The van der Waals surface area contributed by atoms with Crippen LogP contribution in [0.1, 0.15) is 17.4 Å². The van der Waals surface area contributed by atoms with Crippen LogP contribution in [0.4, 0.5) is 0 Å². The van der Waals surface area contributed by atoms with Gasteiger partial charge < -0.3 is 15.0 Å². The number of nitrogens with zero attached hydrogens (tertiary/aromatic N) is 2. The molecule has 22 heavy (non-hydrogen) atoms. The van der Waals surface area contributed by atoms with E-state index in [-0.39, 0.29) is 12.5 Å². The Hall–Kier alpha value is -2.18. The lowest BCUT2D eigenvalue weighted by Crippen LogP contribution is -2.30. The predicted molar refractivity (Wildman–Crippen MR) is 88.0 cm³/mol. The number of hydrogen-bond donors (Lipinski definition) is 2. The molecule has 0 aliphatic carbocycles. The van der Waals surface area contributed by atoms with Crippen LogP contribution in [0.25, 0.3) is 21.6 Å². The van der Waals surface area contributed by atoms with Gasteiger partial charge in [0, 0.05) is 29.9 Å². The summed E-state index contributed by atoms with van der Waals surface area (Å²) in [5.41, 5.74) is 2.50. The molecule has 5 nitrogen and oxygen atoms in total. The Labute approximate surface area is 132 Å². The smallest absolute Gasteiger partial charge is 0.270 e. The second-order valence-electron chi connectivity index (χ2n) is 5.24. The number of thiazole rings is 1. The zero-order valence-corrected chi connectivity index (χ0v) is 13.2. The number of carbonyl (C=O) groups is 1. The first-order chi connectivity index (χ1) is 10.6. The van der Waals surface area contributed by atoms with E-state index in [9.17, 15) is 9.90 Å². The Kier molecular flexibility index (Phi) is 3.96. The lowest BCUT2D eigenvalue weighted by molar-refractivity contribution is 0.0920. The van der Waals surface area contributed by atoms with Gasteiger partial charge in [-0.3, -0.25) is 4.79 Å². The zero-order valence-electron chi connectivity index (χ0n) is 12.4. The van der Waals surface area contributed by atoms with E-state index in [0.717, 1.165) is 21.6 Å². The van der Waals surface area contributed by atoms with Crippen LogP contribution in [0.3, 0.4) is 0 Å². The van der Waals surface area contributed by atoms with Crippen molar-refractivity contribution in [3.05, 3.63) is 41.4 Å². The molecule has 2 aromatic heterocycles. The maximum absolute atomic E-state index is 12.0. The average molecular weight is 315 g/mol. The van der Waals surface area contributed by atoms with Crippen LogP contribution in [0, 0.1) is 0 Å². The quantitative estimate of drug-likeness (QED) is 0.777. The second kappa shape index (κ2) is 5.90. The van der Waals surface area contributed by atoms with Gasteiger partial charge in [-0.15, -0.1) is 11.3 Å². The minimum absolute atomic E-state index is 0.222. The maximum atomic E-state index is 12.0. The lowest BCUT2D eigenvalue weighted by atomic mass is 10.2. The monoisotopic (exact) mass is 315 g/mol. The molecule has 0 spiro atoms. The fraction of sp³-hybridized carbons (Fsp3) is 0.250. The summed E-state index contributed by atoms with van der Waals surface area (Å²) in [4.78, 5) is 16.4. The number of para-hydroxylation sites is 1. The molecule has 0 saturated heterocycles. The second-order valence-corrected chi connectivity index (χ2v) is 6.10. The summed E-state index contributed by atoms with van der Waals surface area (Å²) in [5, 5.41) is 15.6. The summed E-state index contributed by atoms with van der Waals surface area (Å²) in [6, 6.07) is 10.2. The van der Waals surface area contributed by atoms with Crippen molar-refractivity contribution in [2.75, 3.05) is 6.54 Å². The third kappa shape index (κ3) is 2.75. The number of benzene rings is 1. The normalized spacial score (nSPS) is 12.5. The highest BCUT2D eigenvalue weighted by atomic mass is 32.1. The van der Waals surface area contributed by atoms with Crippen LogP contribution >= 0.6 is 11.3 Å². The highest BCUT2D eigenvalue weighted by Crippen LogP contribution is 2.29. The Morgan fingerprint density at radius 2 is 2.23 bits per heavy atom. The molecule has 1 aromatic carbocycles. The number of nitrogens with one attached hydrogen (secondary N) is 1. The summed E-state index contributed by atoms with van der Waals surface area (Å²) in [7, 11) is 1.99. The molecule has 1 unspecified atom stereocenters. The summed E-state index contributed by atoms with van der Waals surface area (Å²) in [6.07, 6.45) is -0.569. The molecule has 0 fully saturated rings. The van der Waals surface area contributed by atoms with Gasteiger partial charge in [0.25, 0.3) is 5.91 Å². The molecular weight excluding hydrogens is 298 g/mol. The van der Waals surface area contributed by atoms with Gasteiger partial charge in [-0.05, 0) is 19.1 Å². The zero-order chi connectivity index (χ0) is 15.7. The van der Waals surface area contributed by atoms with Gasteiger partial charge in [-0.1, -0.05) is 18.2 Å². The first kappa shape index (κ1) is 14.7. The molecule has 2 N–H and O–H groups in total. The molecule has 0 radical (unpaired) electrons. The molecule has 1 amide bonds. The van der Waals surface area contributed by atoms with E-state index in [1.165, 1.54) is 11.3 Å². The Bertz CT molecular complexity index is 820. The fourth-order valence-corrected chi connectivity index (χ4v) is 3.17. The van der Waals surface area contributed by atoms with Crippen LogP contribution in [-0.2, 0) is 7.05 Å². The van der Waals surface area contributed by atoms with Gasteiger partial charge in [0.2, 0.25) is 0 Å². The van der Waals surface area contributed by atoms with Gasteiger partial charge in [-0.25, -0.2) is 4.98 Å². The standard InChI is InChI=1S/C16H17N3O2S/c1-10(20)8-17-15(21)12-9-22-16(18-12)14-7-11-5-3-4-6-13(11)19(14)2/h3-7,9-10,20H,8H2,1-2H3,(H,17,21). The summed E-state index contributed by atoms with van der Waals surface area (Å²) in [6.45, 7) is 1.85. The van der Waals surface area contributed by atoms with Crippen molar-refractivity contribution >= 4 is 28.1 Å². The third-order valence-electron chi connectivity index (χ3n) is 3.47. The molecule has 0 saturated carbocycles. The van der Waals surface area contributed by atoms with Crippen molar-refractivity contribution in [1.82, 2.24) is 14.9 Å². The molecule has 6 heteroatoms. The number of fused-ring (bicyclic) bond motifs is 1. The van der Waals surface area contributed by atoms with Gasteiger partial charge in [-0.2, -0.15) is 0 Å². The predicted octanol–water partition coefficient (Wildman–Crippen LogP) is 2.41. The topological polar surface area (TPSA) is 67.2 Å². The molecule has 3 aromatic rings. The minimum atomic E-state index is -0.569. The van der Waals surface area contributed by atoms with Crippen LogP contribution in [-0.4, -0.2) is 33.2 Å². The van der Waals surface area contributed by atoms with Gasteiger partial charge in [0.15, 0.2) is 0 Å². The summed E-state index contributed by atoms with van der Waals surface area (Å²) in [5.74, 6) is -0.262. The number of aryl methyl sites for hydroxylation is 1. The van der Waals surface area contributed by atoms with Crippen molar-refractivity contribution in [1.29, 1.82) is 0 Å². The first-order valence-electron chi connectivity index (χ1n) is 7.03. The van der Waals surface area contributed by atoms with Crippen LogP contribution < -0.4 is 5.32 Å². The number of hydrogen-bond acceptors (Lipinski definition) is 4. The van der Waals surface area contributed by atoms with E-state index in [1.54, 1.807) is 12.3 Å². The highest BCUT2D eigenvalue weighted by molar-refractivity contribution is 7.13. The number of aliphatic hydroxyl groups is 1. The third-order valence-corrected chi connectivity index (χ3v) is 4.33. The molecule has 1 atom stereocenters. The molecule has 0 bridgehead atoms. The van der Waals surface area contributed by atoms with Crippen LogP contribution in [0.15, 0.2) is 35.7 Å². The van der Waals surface area contributed by atoms with E-state index < -0.39 is 6.10 Å². The number of aromatic nitrogens is 2. The van der Waals surface area contributed by atoms with Crippen molar-refractivity contribution in [2.24, 2.45) is 7.05 Å². The number of aliphatic hydroxyl groups excluding tert-OH is 1. The minimum Gasteiger partial charge on any atom is -0.392 e. The van der Waals surface area contributed by atoms with Gasteiger partial charge >= 0.3 is 0 Å². The van der Waals surface area contributed by atoms with E-state index in [2.05, 4.69) is 33.1 Å². The Morgan fingerprint density at radius 3 is 2.95 bits per heavy atom. The summed E-state index contributed by atoms with van der Waals surface area (Å²) >= 11 is 1.44. The van der Waals surface area contributed by atoms with Gasteiger partial charge in [0.05, 0.1) is 11.8 Å². The number of rotatable bonds is 4. The molecule has 0 aliphatic rings. The van der Waals surface area contributed by atoms with Crippen molar-refractivity contribution < 1.29 is 9.90 Å². The molecular formula is C16H17N3O2S. The van der Waals surface area contributed by atoms with E-state index in [1.807, 2.05) is 19.2 Å². The Morgan fingerprint density at radius 1 is 1.45 bits per heavy atom. The molecule has 2 heterocycles. The summed E-state index contributed by atoms with van der Waals surface area (Å²) < 4.78 is 2.08. The average Bonchev–Trinajstić information content (AvgIpc) is 3.10. The number of carbonyl (C=O) groups excluding carboxylic acids is 1. The molecule has 0 aliphatic heterocycles. The van der Waals surface area contributed by atoms with E-state index >= 15 is 0 Å². The number of amides is 1. The molecule has 3 rings (SSSR count). The SMILES string of the molecule is CC(O)CNC(=O)c1csc(-c2cc3ccccc3n2C)n1. The fourth-order valence-electron chi connectivity index (χ4n) is 2.32. The van der Waals surface area contributed by atoms with Crippen molar-refractivity contribution in [2.45, 2.75) is 13.0 Å². The largest absolute Gasteiger partial charge is 0.392 e. The lowest BCUT2D eigenvalue weighted by Gasteiger charge is -2.04. The highest BCUT2D eigenvalue weighted by Gasteiger charge is 2.15. The maximum Gasteiger partial charge on any atom is 0.270 e. The van der Waals surface area contributed by atoms with E-state index in [0.29, 0.717) is 5.69 Å². The van der Waals surface area contributed by atoms with Crippen LogP contribution in [0.2, 0.25) is 0 Å². The Balaban J connectivity index is 1.89.